The minimum atomic E-state index is -0.269. The van der Waals surface area contributed by atoms with Crippen molar-refractivity contribution in [3.63, 3.8) is 0 Å². The molecule has 0 saturated heterocycles. The van der Waals surface area contributed by atoms with Gasteiger partial charge in [0.2, 0.25) is 5.91 Å². The van der Waals surface area contributed by atoms with E-state index in [4.69, 9.17) is 10.5 Å². The van der Waals surface area contributed by atoms with Gasteiger partial charge < -0.3 is 10.5 Å². The van der Waals surface area contributed by atoms with Crippen LogP contribution in [-0.4, -0.2) is 12.0 Å². The van der Waals surface area contributed by atoms with Gasteiger partial charge in [-0.2, -0.15) is 0 Å². The summed E-state index contributed by atoms with van der Waals surface area (Å²) in [5.74, 6) is 0.741. The van der Waals surface area contributed by atoms with Gasteiger partial charge in [-0.3, -0.25) is 4.79 Å². The molecule has 0 aliphatic rings. The third-order valence-corrected chi connectivity index (χ3v) is 2.33. The average Bonchev–Trinajstić information content (AvgIpc) is 2.16. The van der Waals surface area contributed by atoms with Gasteiger partial charge in [0.25, 0.3) is 0 Å². The van der Waals surface area contributed by atoms with Crippen LogP contribution in [0.2, 0.25) is 0 Å². The Balaban J connectivity index is 2.66. The Morgan fingerprint density at radius 1 is 1.25 bits per heavy atom. The fourth-order valence-electron chi connectivity index (χ4n) is 1.57. The van der Waals surface area contributed by atoms with Gasteiger partial charge in [0, 0.05) is 6.42 Å². The molecule has 1 aromatic rings. The maximum atomic E-state index is 10.8. The molecule has 2 N–H and O–H groups in total. The van der Waals surface area contributed by atoms with Crippen molar-refractivity contribution in [3.05, 3.63) is 29.8 Å². The summed E-state index contributed by atoms with van der Waals surface area (Å²) in [6, 6.07) is 7.80. The first-order chi connectivity index (χ1) is 7.49. The minimum Gasteiger partial charge on any atom is -0.491 e. The molecule has 0 heterocycles. The van der Waals surface area contributed by atoms with Gasteiger partial charge in [-0.25, -0.2) is 0 Å². The lowest BCUT2D eigenvalue weighted by Crippen LogP contribution is -2.13. The van der Waals surface area contributed by atoms with Crippen molar-refractivity contribution >= 4 is 5.91 Å². The van der Waals surface area contributed by atoms with Crippen LogP contribution in [0.5, 0.6) is 5.75 Å². The highest BCUT2D eigenvalue weighted by Crippen LogP contribution is 2.22. The van der Waals surface area contributed by atoms with E-state index in [0.717, 1.165) is 11.3 Å². The van der Waals surface area contributed by atoms with Gasteiger partial charge in [0.15, 0.2) is 0 Å². The van der Waals surface area contributed by atoms with Crippen molar-refractivity contribution in [1.82, 2.24) is 0 Å². The normalized spacial score (nSPS) is 12.5. The second-order valence-electron chi connectivity index (χ2n) is 4.31. The summed E-state index contributed by atoms with van der Waals surface area (Å²) in [6.45, 7) is 5.97. The molecule has 0 aliphatic heterocycles. The molecule has 0 aliphatic carbocycles. The van der Waals surface area contributed by atoms with Gasteiger partial charge in [0.1, 0.15) is 5.75 Å². The molecule has 1 atom stereocenters. The van der Waals surface area contributed by atoms with Crippen LogP contribution in [-0.2, 0) is 4.79 Å². The highest BCUT2D eigenvalue weighted by Gasteiger charge is 2.08. The number of benzene rings is 1. The van der Waals surface area contributed by atoms with Gasteiger partial charge in [-0.15, -0.1) is 0 Å². The molecule has 1 rings (SSSR count). The Morgan fingerprint density at radius 2 is 1.81 bits per heavy atom. The second kappa shape index (κ2) is 5.54. The first kappa shape index (κ1) is 12.6. The van der Waals surface area contributed by atoms with Crippen LogP contribution in [0, 0.1) is 0 Å². The average molecular weight is 221 g/mol. The largest absolute Gasteiger partial charge is 0.491 e. The molecule has 0 spiro atoms. The highest BCUT2D eigenvalue weighted by atomic mass is 16.5. The molecular weight excluding hydrogens is 202 g/mol. The van der Waals surface area contributed by atoms with Crippen LogP contribution in [0.1, 0.15) is 38.7 Å². The third-order valence-electron chi connectivity index (χ3n) is 2.33. The van der Waals surface area contributed by atoms with E-state index >= 15 is 0 Å². The van der Waals surface area contributed by atoms with E-state index in [1.54, 1.807) is 0 Å². The molecule has 88 valence electrons. The molecule has 0 saturated carbocycles. The fraction of sp³-hybridized carbons (Fsp3) is 0.462. The molecule has 1 unspecified atom stereocenters. The van der Waals surface area contributed by atoms with Crippen LogP contribution in [0.25, 0.3) is 0 Å². The van der Waals surface area contributed by atoms with E-state index in [-0.39, 0.29) is 17.9 Å². The predicted molar refractivity (Wildman–Crippen MR) is 64.4 cm³/mol. The van der Waals surface area contributed by atoms with Gasteiger partial charge in [0.05, 0.1) is 6.10 Å². The summed E-state index contributed by atoms with van der Waals surface area (Å²) in [4.78, 5) is 10.8. The van der Waals surface area contributed by atoms with Crippen molar-refractivity contribution in [2.75, 3.05) is 0 Å². The van der Waals surface area contributed by atoms with Crippen LogP contribution in [0.15, 0.2) is 24.3 Å². The Morgan fingerprint density at radius 3 is 2.25 bits per heavy atom. The smallest absolute Gasteiger partial charge is 0.218 e. The van der Waals surface area contributed by atoms with E-state index in [1.165, 1.54) is 0 Å². The Bertz CT molecular complexity index is 343. The number of carbonyl (C=O) groups excluding carboxylic acids is 1. The predicted octanol–water partition coefficient (Wildman–Crippen LogP) is 2.45. The number of nitrogens with two attached hydrogens (primary N) is 1. The molecular formula is C13H19NO2. The maximum absolute atomic E-state index is 10.8. The van der Waals surface area contributed by atoms with Crippen molar-refractivity contribution in [2.24, 2.45) is 5.73 Å². The number of primary amides is 1. The first-order valence-electron chi connectivity index (χ1n) is 5.54. The molecule has 3 heteroatoms. The zero-order chi connectivity index (χ0) is 12.1. The number of carbonyl (C=O) groups is 1. The van der Waals surface area contributed by atoms with Crippen LogP contribution in [0.3, 0.4) is 0 Å². The lowest BCUT2D eigenvalue weighted by atomic mass is 9.97. The fourth-order valence-corrected chi connectivity index (χ4v) is 1.57. The van der Waals surface area contributed by atoms with E-state index in [2.05, 4.69) is 0 Å². The summed E-state index contributed by atoms with van der Waals surface area (Å²) in [5.41, 5.74) is 6.27. The molecule has 1 amide bonds. The first-order valence-corrected chi connectivity index (χ1v) is 5.54. The zero-order valence-corrected chi connectivity index (χ0v) is 10.1. The summed E-state index contributed by atoms with van der Waals surface area (Å²) < 4.78 is 5.54. The number of ether oxygens (including phenoxy) is 1. The second-order valence-corrected chi connectivity index (χ2v) is 4.31. The lowest BCUT2D eigenvalue weighted by molar-refractivity contribution is -0.118. The van der Waals surface area contributed by atoms with Crippen LogP contribution >= 0.6 is 0 Å². The summed E-state index contributed by atoms with van der Waals surface area (Å²) in [7, 11) is 0. The SMILES string of the molecule is CC(C)Oc1ccc(C(C)CC(N)=O)cc1. The van der Waals surface area contributed by atoms with Crippen molar-refractivity contribution < 1.29 is 9.53 Å². The van der Waals surface area contributed by atoms with Crippen molar-refractivity contribution in [2.45, 2.75) is 39.2 Å². The third kappa shape index (κ3) is 3.93. The summed E-state index contributed by atoms with van der Waals surface area (Å²) in [5, 5.41) is 0. The standard InChI is InChI=1S/C13H19NO2/c1-9(2)16-12-6-4-11(5-7-12)10(3)8-13(14)15/h4-7,9-10H,8H2,1-3H3,(H2,14,15). The van der Waals surface area contributed by atoms with Crippen LogP contribution < -0.4 is 10.5 Å². The molecule has 0 aromatic heterocycles. The van der Waals surface area contributed by atoms with Gasteiger partial charge >= 0.3 is 0 Å². The minimum absolute atomic E-state index is 0.158. The van der Waals surface area contributed by atoms with Crippen molar-refractivity contribution in [1.29, 1.82) is 0 Å². The van der Waals surface area contributed by atoms with Crippen LogP contribution in [0.4, 0.5) is 0 Å². The van der Waals surface area contributed by atoms with Crippen molar-refractivity contribution in [3.8, 4) is 5.75 Å². The molecule has 0 fully saturated rings. The number of hydrogen-bond acceptors (Lipinski definition) is 2. The zero-order valence-electron chi connectivity index (χ0n) is 10.1. The molecule has 16 heavy (non-hydrogen) atoms. The number of rotatable bonds is 5. The van der Waals surface area contributed by atoms with E-state index in [9.17, 15) is 4.79 Å². The number of hydrogen-bond donors (Lipinski definition) is 1. The molecule has 0 radical (unpaired) electrons. The Kier molecular flexibility index (Phi) is 4.35. The molecule has 1 aromatic carbocycles. The Labute approximate surface area is 96.6 Å². The summed E-state index contributed by atoms with van der Waals surface area (Å²) in [6.07, 6.45) is 0.554. The quantitative estimate of drug-likeness (QED) is 0.830. The lowest BCUT2D eigenvalue weighted by Gasteiger charge is -2.12. The van der Waals surface area contributed by atoms with E-state index in [1.807, 2.05) is 45.0 Å². The number of amides is 1. The molecule has 0 bridgehead atoms. The Hall–Kier alpha value is -1.51. The van der Waals surface area contributed by atoms with E-state index < -0.39 is 0 Å². The van der Waals surface area contributed by atoms with E-state index in [0.29, 0.717) is 6.42 Å². The van der Waals surface area contributed by atoms with Gasteiger partial charge in [-0.05, 0) is 37.5 Å². The summed E-state index contributed by atoms with van der Waals surface area (Å²) >= 11 is 0. The molecule has 3 nitrogen and oxygen atoms in total. The topological polar surface area (TPSA) is 52.3 Å². The monoisotopic (exact) mass is 221 g/mol. The van der Waals surface area contributed by atoms with Gasteiger partial charge in [-0.1, -0.05) is 19.1 Å². The highest BCUT2D eigenvalue weighted by molar-refractivity contribution is 5.74. The maximum Gasteiger partial charge on any atom is 0.218 e.